The van der Waals surface area contributed by atoms with Crippen LogP contribution in [0.15, 0.2) is 18.2 Å². The van der Waals surface area contributed by atoms with E-state index in [9.17, 15) is 44.4 Å². The summed E-state index contributed by atoms with van der Waals surface area (Å²) >= 11 is 0. The largest absolute Gasteiger partial charge is 0.496 e. The molecule has 0 radical (unpaired) electrons. The van der Waals surface area contributed by atoms with E-state index in [0.717, 1.165) is 47.0 Å². The first-order chi connectivity index (χ1) is 18.6. The molecule has 40 heavy (non-hydrogen) atoms. The van der Waals surface area contributed by atoms with Crippen molar-refractivity contribution in [3.05, 3.63) is 23.8 Å². The number of esters is 1. The molecule has 2 fully saturated rings. The van der Waals surface area contributed by atoms with Crippen LogP contribution in [0.4, 0.5) is 0 Å². The fourth-order valence-corrected chi connectivity index (χ4v) is 5.79. The Balaban J connectivity index is 2.27. The zero-order valence-electron chi connectivity index (χ0n) is 23.1. The number of aliphatic hydroxyl groups is 4. The highest BCUT2D eigenvalue weighted by Gasteiger charge is 2.79. The molecule has 1 aliphatic heterocycles. The molecular formula is C28H36O12. The predicted molar refractivity (Wildman–Crippen MR) is 136 cm³/mol. The lowest BCUT2D eigenvalue weighted by molar-refractivity contribution is -0.329. The van der Waals surface area contributed by atoms with Crippen LogP contribution < -0.4 is 9.47 Å². The van der Waals surface area contributed by atoms with Gasteiger partial charge in [0.2, 0.25) is 0 Å². The zero-order chi connectivity index (χ0) is 30.2. The van der Waals surface area contributed by atoms with E-state index in [4.69, 9.17) is 14.2 Å². The zero-order valence-corrected chi connectivity index (χ0v) is 23.1. The maximum Gasteiger partial charge on any atom is 0.314 e. The first kappa shape index (κ1) is 31.5. The van der Waals surface area contributed by atoms with Crippen molar-refractivity contribution < 1.29 is 58.6 Å². The number of carbonyl (C=O) groups is 5. The molecule has 0 spiro atoms. The second-order valence-electron chi connectivity index (χ2n) is 10.6. The molecule has 0 bridgehead atoms. The fraction of sp³-hybridized carbons (Fsp3) is 0.607. The number of benzene rings is 1. The molecule has 1 unspecified atom stereocenters. The van der Waals surface area contributed by atoms with Gasteiger partial charge in [-0.3, -0.25) is 24.0 Å². The van der Waals surface area contributed by atoms with E-state index in [1.54, 1.807) is 0 Å². The van der Waals surface area contributed by atoms with Crippen LogP contribution in [0.5, 0.6) is 11.5 Å². The minimum absolute atomic E-state index is 0.0525. The highest BCUT2D eigenvalue weighted by atomic mass is 16.6. The lowest BCUT2D eigenvalue weighted by atomic mass is 9.57. The first-order valence-corrected chi connectivity index (χ1v) is 13.0. The van der Waals surface area contributed by atoms with Gasteiger partial charge in [0, 0.05) is 5.56 Å². The maximum absolute atomic E-state index is 13.1. The fourth-order valence-electron chi connectivity index (χ4n) is 5.79. The van der Waals surface area contributed by atoms with Crippen LogP contribution in [0.25, 0.3) is 0 Å². The minimum atomic E-state index is -3.61. The van der Waals surface area contributed by atoms with E-state index in [1.807, 2.05) is 0 Å². The van der Waals surface area contributed by atoms with E-state index in [0.29, 0.717) is 12.8 Å². The summed E-state index contributed by atoms with van der Waals surface area (Å²) in [5.41, 5.74) is -10.6. The van der Waals surface area contributed by atoms with E-state index >= 15 is 0 Å². The van der Waals surface area contributed by atoms with Crippen molar-refractivity contribution in [3.8, 4) is 11.5 Å². The van der Waals surface area contributed by atoms with Crippen molar-refractivity contribution in [2.75, 3.05) is 7.11 Å². The van der Waals surface area contributed by atoms with Crippen LogP contribution >= 0.6 is 0 Å². The number of ketones is 4. The lowest BCUT2D eigenvalue weighted by Gasteiger charge is -2.58. The van der Waals surface area contributed by atoms with Crippen LogP contribution in [-0.4, -0.2) is 85.6 Å². The number of aliphatic hydroxyl groups excluding tert-OH is 1. The Hall–Kier alpha value is -3.03. The van der Waals surface area contributed by atoms with E-state index in [2.05, 4.69) is 0 Å². The highest BCUT2D eigenvalue weighted by molar-refractivity contribution is 6.06. The van der Waals surface area contributed by atoms with Crippen LogP contribution in [0.1, 0.15) is 71.5 Å². The van der Waals surface area contributed by atoms with Crippen molar-refractivity contribution in [1.29, 1.82) is 0 Å². The number of ether oxygens (including phenoxy) is 3. The SMILES string of the molecule is COc1ccc(OC(=O)C2CCCCC2)cc1[C@@H]1O[C@H](C(O)C(C)=O)[C@](O)(C(C)=O)[C@@](O)(C(C)=O)[C@]1(O)C(C)=O. The van der Waals surface area contributed by atoms with Gasteiger partial charge in [-0.15, -0.1) is 0 Å². The van der Waals surface area contributed by atoms with Gasteiger partial charge in [-0.05, 0) is 58.7 Å². The Kier molecular flexibility index (Phi) is 9.02. The molecule has 1 aliphatic carbocycles. The van der Waals surface area contributed by atoms with Crippen LogP contribution in [0.3, 0.4) is 0 Å². The molecular weight excluding hydrogens is 528 g/mol. The molecule has 1 saturated heterocycles. The van der Waals surface area contributed by atoms with Crippen LogP contribution in [-0.2, 0) is 28.7 Å². The van der Waals surface area contributed by atoms with Gasteiger partial charge in [-0.2, -0.15) is 0 Å². The standard InChI is InChI=1S/C28H36O12/c1-14(29)22(33)24-27(36,16(3)31)28(37,17(4)32)26(35,15(2)30)23(40-24)20-13-19(11-12-21(20)38-5)39-25(34)18-9-7-6-8-10-18/h11-13,18,22-24,33,35-37H,6-10H2,1-5H3/t22?,23-,24+,26-,27+,28+/m0/s1. The van der Waals surface area contributed by atoms with Crippen molar-refractivity contribution >= 4 is 29.1 Å². The monoisotopic (exact) mass is 564 g/mol. The molecule has 12 nitrogen and oxygen atoms in total. The van der Waals surface area contributed by atoms with Crippen LogP contribution in [0, 0.1) is 5.92 Å². The van der Waals surface area contributed by atoms with Crippen molar-refractivity contribution in [1.82, 2.24) is 0 Å². The van der Waals surface area contributed by atoms with Crippen LogP contribution in [0.2, 0.25) is 0 Å². The second kappa shape index (κ2) is 11.5. The van der Waals surface area contributed by atoms with Gasteiger partial charge >= 0.3 is 5.97 Å². The topological polar surface area (TPSA) is 194 Å². The molecule has 12 heteroatoms. The molecule has 3 rings (SSSR count). The molecule has 1 heterocycles. The summed E-state index contributed by atoms with van der Waals surface area (Å²) in [6.45, 7) is 3.17. The number of hydrogen-bond acceptors (Lipinski definition) is 12. The van der Waals surface area contributed by atoms with Gasteiger partial charge in [0.15, 0.2) is 39.9 Å². The summed E-state index contributed by atoms with van der Waals surface area (Å²) in [6, 6.07) is 3.87. The Bertz CT molecular complexity index is 1200. The van der Waals surface area contributed by atoms with Gasteiger partial charge in [0.25, 0.3) is 0 Å². The lowest BCUT2D eigenvalue weighted by Crippen LogP contribution is -2.85. The number of methoxy groups -OCH3 is 1. The Morgan fingerprint density at radius 1 is 0.900 bits per heavy atom. The second-order valence-corrected chi connectivity index (χ2v) is 10.6. The van der Waals surface area contributed by atoms with Gasteiger partial charge in [-0.1, -0.05) is 19.3 Å². The Morgan fingerprint density at radius 2 is 1.48 bits per heavy atom. The van der Waals surface area contributed by atoms with Crippen molar-refractivity contribution in [2.24, 2.45) is 5.92 Å². The first-order valence-electron chi connectivity index (χ1n) is 13.0. The third-order valence-electron chi connectivity index (χ3n) is 8.10. The molecule has 2 aliphatic rings. The van der Waals surface area contributed by atoms with Gasteiger partial charge < -0.3 is 34.6 Å². The smallest absolute Gasteiger partial charge is 0.314 e. The average Bonchev–Trinajstić information content (AvgIpc) is 2.91. The Morgan fingerprint density at radius 3 is 1.95 bits per heavy atom. The Labute approximate surface area is 231 Å². The highest BCUT2D eigenvalue weighted by Crippen LogP contribution is 2.54. The van der Waals surface area contributed by atoms with E-state index in [1.165, 1.54) is 25.3 Å². The molecule has 0 aromatic heterocycles. The summed E-state index contributed by atoms with van der Waals surface area (Å²) < 4.78 is 16.7. The molecule has 1 aromatic carbocycles. The number of Topliss-reactive ketones (excluding diaryl/α,β-unsaturated/α-hetero) is 4. The third-order valence-corrected chi connectivity index (χ3v) is 8.10. The van der Waals surface area contributed by atoms with Crippen molar-refractivity contribution in [3.63, 3.8) is 0 Å². The van der Waals surface area contributed by atoms with Gasteiger partial charge in [0.1, 0.15) is 29.8 Å². The van der Waals surface area contributed by atoms with E-state index in [-0.39, 0.29) is 23.0 Å². The quantitative estimate of drug-likeness (QED) is 0.240. The number of rotatable bonds is 9. The molecule has 1 aromatic rings. The molecule has 4 N–H and O–H groups in total. The normalized spacial score (nSPS) is 31.6. The summed E-state index contributed by atoms with van der Waals surface area (Å²) in [7, 11) is 1.23. The van der Waals surface area contributed by atoms with Gasteiger partial charge in [-0.25, -0.2) is 0 Å². The van der Waals surface area contributed by atoms with E-state index < -0.39 is 64.2 Å². The maximum atomic E-state index is 13.1. The number of hydrogen-bond donors (Lipinski definition) is 4. The average molecular weight is 565 g/mol. The molecule has 1 saturated carbocycles. The minimum Gasteiger partial charge on any atom is -0.496 e. The predicted octanol–water partition coefficient (Wildman–Crippen LogP) is 0.531. The molecule has 220 valence electrons. The van der Waals surface area contributed by atoms with Gasteiger partial charge in [0.05, 0.1) is 13.0 Å². The number of carbonyl (C=O) groups excluding carboxylic acids is 5. The molecule has 6 atom stereocenters. The molecule has 0 amide bonds. The summed E-state index contributed by atoms with van der Waals surface area (Å²) in [4.78, 5) is 63.9. The van der Waals surface area contributed by atoms with Crippen molar-refractivity contribution in [2.45, 2.75) is 94.9 Å². The third kappa shape index (κ3) is 4.77. The summed E-state index contributed by atoms with van der Waals surface area (Å²) in [6.07, 6.45) is -2.65. The summed E-state index contributed by atoms with van der Waals surface area (Å²) in [5, 5.41) is 45.9. The summed E-state index contributed by atoms with van der Waals surface area (Å²) in [5.74, 6) is -6.05.